The van der Waals surface area contributed by atoms with Crippen LogP contribution in [0.25, 0.3) is 0 Å². The van der Waals surface area contributed by atoms with Crippen LogP contribution in [0.1, 0.15) is 13.3 Å². The number of hydrogen-bond acceptors (Lipinski definition) is 5. The topological polar surface area (TPSA) is 63.4 Å². The maximum atomic E-state index is 12.4. The monoisotopic (exact) mass is 346 g/mol. The summed E-state index contributed by atoms with van der Waals surface area (Å²) in [6, 6.07) is 7.55. The zero-order valence-corrected chi connectivity index (χ0v) is 14.6. The van der Waals surface area contributed by atoms with E-state index in [1.54, 1.807) is 16.1 Å². The largest absolute Gasteiger partial charge is 0.399 e. The van der Waals surface area contributed by atoms with Gasteiger partial charge in [0.25, 0.3) is 0 Å². The number of nitrogens with zero attached hydrogens (tertiary/aromatic N) is 1. The summed E-state index contributed by atoms with van der Waals surface area (Å²) >= 11 is 3.42. The Hall–Kier alpha value is -0.370. The van der Waals surface area contributed by atoms with Crippen molar-refractivity contribution < 1.29 is 8.42 Å². The van der Waals surface area contributed by atoms with Crippen LogP contribution in [0.5, 0.6) is 0 Å². The van der Waals surface area contributed by atoms with E-state index in [1.165, 1.54) is 0 Å². The first-order chi connectivity index (χ1) is 10.0. The minimum Gasteiger partial charge on any atom is -0.399 e. The van der Waals surface area contributed by atoms with Crippen LogP contribution in [0, 0.1) is 0 Å². The molecule has 0 spiro atoms. The lowest BCUT2D eigenvalue weighted by molar-refractivity contribution is 0.417. The molecule has 1 atom stereocenters. The average molecular weight is 347 g/mol. The summed E-state index contributed by atoms with van der Waals surface area (Å²) in [5.74, 6) is 1.65. The first kappa shape index (κ1) is 17.0. The van der Waals surface area contributed by atoms with Gasteiger partial charge in [0.15, 0.2) is 0 Å². The molecule has 21 heavy (non-hydrogen) atoms. The summed E-state index contributed by atoms with van der Waals surface area (Å²) in [4.78, 5) is 1.02. The number of benzene rings is 1. The maximum Gasteiger partial charge on any atom is 0.214 e. The van der Waals surface area contributed by atoms with Crippen molar-refractivity contribution in [1.29, 1.82) is 0 Å². The number of hydrogen-bond donors (Lipinski definition) is 1. The second-order valence-electron chi connectivity index (χ2n) is 5.00. The molecule has 118 valence electrons. The SMILES string of the molecule is CCC1CN(S(=O)(=O)CCSc2cccc(N)c2)CCS1. The van der Waals surface area contributed by atoms with Crippen LogP contribution in [0.4, 0.5) is 5.69 Å². The van der Waals surface area contributed by atoms with Gasteiger partial charge in [0, 0.05) is 40.4 Å². The van der Waals surface area contributed by atoms with Gasteiger partial charge in [0.2, 0.25) is 10.0 Å². The summed E-state index contributed by atoms with van der Waals surface area (Å²) in [7, 11) is -3.14. The highest BCUT2D eigenvalue weighted by molar-refractivity contribution is 8.01. The highest BCUT2D eigenvalue weighted by Crippen LogP contribution is 2.25. The van der Waals surface area contributed by atoms with Crippen molar-refractivity contribution in [2.75, 3.05) is 36.1 Å². The molecular weight excluding hydrogens is 324 g/mol. The van der Waals surface area contributed by atoms with Crippen molar-refractivity contribution in [2.24, 2.45) is 0 Å². The zero-order valence-electron chi connectivity index (χ0n) is 12.2. The quantitative estimate of drug-likeness (QED) is 0.633. The Labute approximate surface area is 135 Å². The molecule has 2 N–H and O–H groups in total. The van der Waals surface area contributed by atoms with Crippen molar-refractivity contribution in [2.45, 2.75) is 23.5 Å². The molecule has 1 aromatic rings. The van der Waals surface area contributed by atoms with Crippen LogP contribution in [0.2, 0.25) is 0 Å². The standard InChI is InChI=1S/C14H22N2O2S3/c1-2-13-11-16(6-7-19-13)21(17,18)9-8-20-14-5-3-4-12(15)10-14/h3-5,10,13H,2,6-9,11,15H2,1H3. The summed E-state index contributed by atoms with van der Waals surface area (Å²) in [6.07, 6.45) is 1.02. The normalized spacial score (nSPS) is 20.5. The molecule has 0 radical (unpaired) electrons. The Bertz CT molecular complexity index is 563. The average Bonchev–Trinajstić information content (AvgIpc) is 2.47. The van der Waals surface area contributed by atoms with Crippen LogP contribution in [-0.4, -0.2) is 48.3 Å². The molecule has 0 bridgehead atoms. The second-order valence-corrected chi connectivity index (χ2v) is 9.66. The summed E-state index contributed by atoms with van der Waals surface area (Å²) in [6.45, 7) is 3.42. The van der Waals surface area contributed by atoms with Crippen LogP contribution in [-0.2, 0) is 10.0 Å². The minimum absolute atomic E-state index is 0.188. The number of rotatable bonds is 6. The van der Waals surface area contributed by atoms with Gasteiger partial charge < -0.3 is 5.73 Å². The van der Waals surface area contributed by atoms with Gasteiger partial charge in [-0.2, -0.15) is 16.1 Å². The first-order valence-electron chi connectivity index (χ1n) is 7.09. The number of anilines is 1. The first-order valence-corrected chi connectivity index (χ1v) is 10.7. The number of sulfonamides is 1. The lowest BCUT2D eigenvalue weighted by Crippen LogP contribution is -2.43. The molecule has 1 aliphatic rings. The van der Waals surface area contributed by atoms with E-state index in [1.807, 2.05) is 36.0 Å². The fourth-order valence-electron chi connectivity index (χ4n) is 2.19. The van der Waals surface area contributed by atoms with E-state index >= 15 is 0 Å². The van der Waals surface area contributed by atoms with E-state index in [4.69, 9.17) is 5.73 Å². The van der Waals surface area contributed by atoms with Gasteiger partial charge in [-0.25, -0.2) is 8.42 Å². The Balaban J connectivity index is 1.86. The van der Waals surface area contributed by atoms with Crippen LogP contribution in [0.15, 0.2) is 29.2 Å². The third-order valence-electron chi connectivity index (χ3n) is 3.42. The maximum absolute atomic E-state index is 12.4. The van der Waals surface area contributed by atoms with Gasteiger partial charge in [-0.1, -0.05) is 13.0 Å². The van der Waals surface area contributed by atoms with Crippen LogP contribution >= 0.6 is 23.5 Å². The molecule has 1 unspecified atom stereocenters. The Morgan fingerprint density at radius 1 is 1.48 bits per heavy atom. The lowest BCUT2D eigenvalue weighted by Gasteiger charge is -2.31. The van der Waals surface area contributed by atoms with Crippen LogP contribution < -0.4 is 5.73 Å². The van der Waals surface area contributed by atoms with E-state index in [0.29, 0.717) is 29.8 Å². The highest BCUT2D eigenvalue weighted by atomic mass is 32.2. The molecule has 4 nitrogen and oxygen atoms in total. The fourth-order valence-corrected chi connectivity index (χ4v) is 6.42. The predicted octanol–water partition coefficient (Wildman–Crippen LogP) is 2.52. The third-order valence-corrected chi connectivity index (χ3v) is 7.88. The Kier molecular flexibility index (Phi) is 6.28. The summed E-state index contributed by atoms with van der Waals surface area (Å²) in [5, 5.41) is 0.440. The van der Waals surface area contributed by atoms with E-state index in [0.717, 1.165) is 17.1 Å². The van der Waals surface area contributed by atoms with Gasteiger partial charge >= 0.3 is 0 Å². The summed E-state index contributed by atoms with van der Waals surface area (Å²) in [5.41, 5.74) is 6.43. The third kappa shape index (κ3) is 5.09. The molecule has 1 aromatic carbocycles. The van der Waals surface area contributed by atoms with Crippen molar-refractivity contribution >= 4 is 39.2 Å². The van der Waals surface area contributed by atoms with Crippen molar-refractivity contribution in [3.8, 4) is 0 Å². The molecule has 0 aliphatic carbocycles. The molecule has 1 aliphatic heterocycles. The molecule has 1 saturated heterocycles. The minimum atomic E-state index is -3.14. The van der Waals surface area contributed by atoms with E-state index in [-0.39, 0.29) is 5.75 Å². The fraction of sp³-hybridized carbons (Fsp3) is 0.571. The molecule has 0 saturated carbocycles. The van der Waals surface area contributed by atoms with Crippen molar-refractivity contribution in [3.63, 3.8) is 0 Å². The lowest BCUT2D eigenvalue weighted by atomic mass is 10.3. The van der Waals surface area contributed by atoms with Crippen molar-refractivity contribution in [3.05, 3.63) is 24.3 Å². The van der Waals surface area contributed by atoms with Gasteiger partial charge in [0.1, 0.15) is 0 Å². The molecule has 1 heterocycles. The molecule has 0 amide bonds. The molecule has 1 fully saturated rings. The number of nitrogen functional groups attached to an aromatic ring is 1. The second kappa shape index (κ2) is 7.76. The molecule has 7 heteroatoms. The molecule has 0 aromatic heterocycles. The smallest absolute Gasteiger partial charge is 0.214 e. The zero-order chi connectivity index (χ0) is 15.3. The predicted molar refractivity (Wildman–Crippen MR) is 93.5 cm³/mol. The molecule has 2 rings (SSSR count). The Morgan fingerprint density at radius 2 is 2.29 bits per heavy atom. The number of thioether (sulfide) groups is 2. The summed E-state index contributed by atoms with van der Waals surface area (Å²) < 4.78 is 26.4. The Morgan fingerprint density at radius 3 is 3.00 bits per heavy atom. The highest BCUT2D eigenvalue weighted by Gasteiger charge is 2.28. The van der Waals surface area contributed by atoms with Gasteiger partial charge in [-0.05, 0) is 24.6 Å². The number of nitrogens with two attached hydrogens (primary N) is 1. The molecular formula is C14H22N2O2S3. The van der Waals surface area contributed by atoms with Gasteiger partial charge in [0.05, 0.1) is 5.75 Å². The van der Waals surface area contributed by atoms with Crippen LogP contribution in [0.3, 0.4) is 0 Å². The van der Waals surface area contributed by atoms with E-state index in [9.17, 15) is 8.42 Å². The van der Waals surface area contributed by atoms with Gasteiger partial charge in [-0.3, -0.25) is 0 Å². The van der Waals surface area contributed by atoms with Crippen molar-refractivity contribution in [1.82, 2.24) is 4.31 Å². The van der Waals surface area contributed by atoms with E-state index < -0.39 is 10.0 Å². The van der Waals surface area contributed by atoms with E-state index in [2.05, 4.69) is 6.92 Å². The van der Waals surface area contributed by atoms with Gasteiger partial charge in [-0.15, -0.1) is 11.8 Å².